The average Bonchev–Trinajstić information content (AvgIpc) is 2.39. The van der Waals surface area contributed by atoms with Gasteiger partial charge >= 0.3 is 0 Å². The summed E-state index contributed by atoms with van der Waals surface area (Å²) in [6.45, 7) is 2.57. The minimum absolute atomic E-state index is 0.782. The van der Waals surface area contributed by atoms with E-state index in [0.29, 0.717) is 0 Å². The average molecular weight is 312 g/mol. The van der Waals surface area contributed by atoms with Gasteiger partial charge in [0.1, 0.15) is 6.63 Å². The van der Waals surface area contributed by atoms with Crippen LogP contribution in [0.5, 0.6) is 0 Å². The van der Waals surface area contributed by atoms with Gasteiger partial charge < -0.3 is 5.32 Å². The lowest BCUT2D eigenvalue weighted by Crippen LogP contribution is -2.18. The lowest BCUT2D eigenvalue weighted by Gasteiger charge is -2.13. The van der Waals surface area contributed by atoms with Crippen LogP contribution in [0.3, 0.4) is 0 Å². The summed E-state index contributed by atoms with van der Waals surface area (Å²) in [5.41, 5.74) is 3.62. The second-order valence-corrected chi connectivity index (χ2v) is 7.87. The van der Waals surface area contributed by atoms with Crippen molar-refractivity contribution >= 4 is 34.4 Å². The molecule has 4 heteroatoms. The number of benzene rings is 2. The Kier molecular flexibility index (Phi) is 5.66. The molecule has 0 aliphatic carbocycles. The van der Waals surface area contributed by atoms with E-state index in [4.69, 9.17) is 22.5 Å². The minimum Gasteiger partial charge on any atom is -0.309 e. The van der Waals surface area contributed by atoms with Gasteiger partial charge in [-0.15, -0.1) is 0 Å². The Labute approximate surface area is 125 Å². The fourth-order valence-electron chi connectivity index (χ4n) is 2.04. The smallest absolute Gasteiger partial charge is 0.117 e. The normalized spacial score (nSPS) is 10.9. The molecule has 0 amide bonds. The Morgan fingerprint density at radius 2 is 1.68 bits per heavy atom. The summed E-state index contributed by atoms with van der Waals surface area (Å²) in [7, 11) is 0. The summed E-state index contributed by atoms with van der Waals surface area (Å²) in [6.07, 6.45) is 0. The number of rotatable bonds is 5. The van der Waals surface area contributed by atoms with Crippen molar-refractivity contribution in [2.75, 3.05) is 0 Å². The van der Waals surface area contributed by atoms with Crippen LogP contribution in [0.4, 0.5) is 0 Å². The van der Waals surface area contributed by atoms with Gasteiger partial charge in [-0.05, 0) is 23.6 Å². The van der Waals surface area contributed by atoms with Crippen LogP contribution in [0, 0.1) is 6.92 Å². The number of hydrogen-bond acceptors (Lipinski definition) is 1. The summed E-state index contributed by atoms with van der Waals surface area (Å²) in [4.78, 5) is 0. The van der Waals surface area contributed by atoms with E-state index in [1.54, 1.807) is 0 Å². The van der Waals surface area contributed by atoms with E-state index in [1.165, 1.54) is 11.1 Å². The van der Waals surface area contributed by atoms with Crippen LogP contribution in [-0.4, -0.2) is 0 Å². The predicted molar refractivity (Wildman–Crippen MR) is 86.4 cm³/mol. The first-order valence-corrected chi connectivity index (χ1v) is 9.28. The molecule has 0 unspecified atom stereocenters. The summed E-state index contributed by atoms with van der Waals surface area (Å²) >= 11 is 12.2. The molecule has 0 saturated heterocycles. The van der Waals surface area contributed by atoms with Gasteiger partial charge in [-0.2, -0.15) is 0 Å². The van der Waals surface area contributed by atoms with Gasteiger partial charge in [0.15, 0.2) is 0 Å². The van der Waals surface area contributed by atoms with Gasteiger partial charge in [-0.3, -0.25) is 0 Å². The van der Waals surface area contributed by atoms with E-state index >= 15 is 0 Å². The Morgan fingerprint density at radius 1 is 0.947 bits per heavy atom. The van der Waals surface area contributed by atoms with Gasteiger partial charge in [-0.25, -0.2) is 0 Å². The molecule has 1 N–H and O–H groups in total. The second-order valence-electron chi connectivity index (χ2n) is 4.40. The molecule has 0 aromatic heterocycles. The van der Waals surface area contributed by atoms with E-state index in [1.807, 2.05) is 24.3 Å². The van der Waals surface area contributed by atoms with Crippen LogP contribution in [0.25, 0.3) is 0 Å². The van der Waals surface area contributed by atoms with Gasteiger partial charge in [0, 0.05) is 18.4 Å². The molecule has 2 aromatic rings. The Morgan fingerprint density at radius 3 is 2.37 bits per heavy atom. The topological polar surface area (TPSA) is 12.0 Å². The first-order chi connectivity index (χ1) is 9.18. The molecular weight excluding hydrogens is 296 g/mol. The summed E-state index contributed by atoms with van der Waals surface area (Å²) in [5.74, 6) is 0. The van der Waals surface area contributed by atoms with Crippen molar-refractivity contribution in [3.63, 3.8) is 0 Å². The first kappa shape index (κ1) is 14.8. The Balaban J connectivity index is 2.02. The van der Waals surface area contributed by atoms with E-state index < -0.39 is 6.63 Å². The van der Waals surface area contributed by atoms with Gasteiger partial charge in [0.05, 0.1) is 0 Å². The highest BCUT2D eigenvalue weighted by Gasteiger charge is 2.12. The van der Waals surface area contributed by atoms with Gasteiger partial charge in [-0.1, -0.05) is 71.0 Å². The van der Waals surface area contributed by atoms with Crippen molar-refractivity contribution in [1.82, 2.24) is 5.32 Å². The first-order valence-electron chi connectivity index (χ1n) is 6.13. The van der Waals surface area contributed by atoms with Gasteiger partial charge in [0.25, 0.3) is 0 Å². The SMILES string of the molecule is Cc1cccc(CNCc2ccccc2)c1P(Cl)Cl. The van der Waals surface area contributed by atoms with E-state index in [9.17, 15) is 0 Å². The Hall–Kier alpha value is -0.590. The zero-order valence-corrected chi connectivity index (χ0v) is 13.1. The predicted octanol–water partition coefficient (Wildman–Crippen LogP) is 4.70. The van der Waals surface area contributed by atoms with Crippen LogP contribution < -0.4 is 10.6 Å². The lowest BCUT2D eigenvalue weighted by atomic mass is 10.1. The molecular formula is C15H16Cl2NP. The second kappa shape index (κ2) is 7.26. The highest BCUT2D eigenvalue weighted by atomic mass is 35.9. The van der Waals surface area contributed by atoms with Crippen molar-refractivity contribution in [2.24, 2.45) is 0 Å². The number of hydrogen-bond donors (Lipinski definition) is 1. The summed E-state index contributed by atoms with van der Waals surface area (Å²) < 4.78 is 0. The van der Waals surface area contributed by atoms with Crippen LogP contribution in [0.2, 0.25) is 0 Å². The highest BCUT2D eigenvalue weighted by molar-refractivity contribution is 8.09. The molecule has 1 nitrogen and oxygen atoms in total. The summed E-state index contributed by atoms with van der Waals surface area (Å²) in [6, 6.07) is 16.5. The molecule has 2 aromatic carbocycles. The van der Waals surface area contributed by atoms with Crippen LogP contribution in [-0.2, 0) is 13.1 Å². The molecule has 0 radical (unpaired) electrons. The van der Waals surface area contributed by atoms with Crippen molar-refractivity contribution in [3.05, 3.63) is 65.2 Å². The molecule has 0 aliphatic rings. The molecule has 2 rings (SSSR count). The third kappa shape index (κ3) is 4.19. The molecule has 0 fully saturated rings. The summed E-state index contributed by atoms with van der Waals surface area (Å²) in [5, 5.41) is 4.52. The van der Waals surface area contributed by atoms with E-state index in [2.05, 4.69) is 36.5 Å². The van der Waals surface area contributed by atoms with Gasteiger partial charge in [0.2, 0.25) is 0 Å². The molecule has 19 heavy (non-hydrogen) atoms. The van der Waals surface area contributed by atoms with E-state index in [0.717, 1.165) is 24.0 Å². The third-order valence-corrected chi connectivity index (χ3v) is 4.97. The highest BCUT2D eigenvalue weighted by Crippen LogP contribution is 2.47. The van der Waals surface area contributed by atoms with E-state index in [-0.39, 0.29) is 0 Å². The third-order valence-electron chi connectivity index (χ3n) is 2.98. The van der Waals surface area contributed by atoms with Crippen molar-refractivity contribution in [1.29, 1.82) is 0 Å². The molecule has 0 spiro atoms. The van der Waals surface area contributed by atoms with Crippen LogP contribution in [0.15, 0.2) is 48.5 Å². The molecule has 0 saturated carbocycles. The maximum Gasteiger partial charge on any atom is 0.117 e. The number of nitrogens with one attached hydrogen (secondary N) is 1. The van der Waals surface area contributed by atoms with Crippen LogP contribution >= 0.6 is 29.1 Å². The quantitative estimate of drug-likeness (QED) is 0.789. The maximum atomic E-state index is 6.11. The lowest BCUT2D eigenvalue weighted by molar-refractivity contribution is 0.695. The molecule has 0 heterocycles. The zero-order valence-electron chi connectivity index (χ0n) is 10.7. The fraction of sp³-hybridized carbons (Fsp3) is 0.200. The molecule has 100 valence electrons. The zero-order chi connectivity index (χ0) is 13.7. The monoisotopic (exact) mass is 311 g/mol. The molecule has 0 atom stereocenters. The standard InChI is InChI=1S/C15H16Cl2NP/c1-12-6-5-9-14(15(12)19(16)17)11-18-10-13-7-3-2-4-8-13/h2-9,18H,10-11H2,1H3. The van der Waals surface area contributed by atoms with Crippen molar-refractivity contribution in [3.8, 4) is 0 Å². The molecule has 0 aliphatic heterocycles. The number of halogens is 2. The number of aryl methyl sites for hydroxylation is 1. The fourth-order valence-corrected chi connectivity index (χ4v) is 4.20. The van der Waals surface area contributed by atoms with Crippen LogP contribution in [0.1, 0.15) is 16.7 Å². The Bertz CT molecular complexity index is 529. The minimum atomic E-state index is -1.10. The largest absolute Gasteiger partial charge is 0.309 e. The maximum absolute atomic E-state index is 6.11. The van der Waals surface area contributed by atoms with Crippen molar-refractivity contribution < 1.29 is 0 Å². The van der Waals surface area contributed by atoms with Crippen molar-refractivity contribution in [2.45, 2.75) is 20.0 Å². The molecule has 0 bridgehead atoms.